The van der Waals surface area contributed by atoms with Crippen molar-refractivity contribution in [2.75, 3.05) is 27.3 Å². The highest BCUT2D eigenvalue weighted by molar-refractivity contribution is 6.39. The fourth-order valence-electron chi connectivity index (χ4n) is 5.18. The van der Waals surface area contributed by atoms with E-state index >= 15 is 0 Å². The quantitative estimate of drug-likeness (QED) is 0.244. The van der Waals surface area contributed by atoms with Gasteiger partial charge in [-0.2, -0.15) is 0 Å². The number of rotatable bonds is 8. The van der Waals surface area contributed by atoms with Crippen molar-refractivity contribution in [1.82, 2.24) is 14.9 Å². The summed E-state index contributed by atoms with van der Waals surface area (Å²) in [4.78, 5) is 22.7. The number of aldehydes is 1. The van der Waals surface area contributed by atoms with E-state index < -0.39 is 6.10 Å². The Morgan fingerprint density at radius 2 is 1.82 bits per heavy atom. The van der Waals surface area contributed by atoms with Gasteiger partial charge in [0.05, 0.1) is 47.3 Å². The Kier molecular flexibility index (Phi) is 8.38. The van der Waals surface area contributed by atoms with Gasteiger partial charge in [-0.3, -0.25) is 14.7 Å². The number of carbonyl (C=O) groups is 1. The lowest BCUT2D eigenvalue weighted by molar-refractivity contribution is 0.111. The molecule has 0 spiro atoms. The van der Waals surface area contributed by atoms with Crippen LogP contribution in [-0.2, 0) is 13.0 Å². The molecule has 1 aliphatic heterocycles. The average Bonchev–Trinajstić information content (AvgIpc) is 2.96. The predicted octanol–water partition coefficient (Wildman–Crippen LogP) is 6.35. The van der Waals surface area contributed by atoms with Crippen molar-refractivity contribution in [3.63, 3.8) is 0 Å². The van der Waals surface area contributed by atoms with E-state index in [4.69, 9.17) is 32.7 Å². The van der Waals surface area contributed by atoms with E-state index in [9.17, 15) is 9.90 Å². The number of aliphatic hydroxyl groups excluding tert-OH is 1. The lowest BCUT2D eigenvalue weighted by Crippen LogP contribution is -2.35. The topological polar surface area (TPSA) is 84.8 Å². The number of aliphatic hydroxyl groups is 1. The first-order valence-electron chi connectivity index (χ1n) is 12.9. The summed E-state index contributed by atoms with van der Waals surface area (Å²) in [5.41, 5.74) is 6.85. The van der Waals surface area contributed by atoms with Crippen LogP contribution in [-0.4, -0.2) is 59.7 Å². The maximum absolute atomic E-state index is 11.3. The van der Waals surface area contributed by atoms with Crippen LogP contribution in [0.15, 0.2) is 54.7 Å². The molecule has 5 rings (SSSR count). The summed E-state index contributed by atoms with van der Waals surface area (Å²) >= 11 is 14.0. The number of halogens is 2. The fourth-order valence-corrected chi connectivity index (χ4v) is 5.83. The minimum Gasteiger partial charge on any atom is -0.496 e. The van der Waals surface area contributed by atoms with Crippen LogP contribution >= 0.6 is 23.2 Å². The van der Waals surface area contributed by atoms with Crippen LogP contribution in [0.5, 0.6) is 11.6 Å². The van der Waals surface area contributed by atoms with E-state index in [1.54, 1.807) is 32.4 Å². The minimum atomic E-state index is -0.392. The molecule has 7 nitrogen and oxygen atoms in total. The molecule has 1 atom stereocenters. The van der Waals surface area contributed by atoms with Gasteiger partial charge in [0.1, 0.15) is 5.75 Å². The molecule has 4 aromatic rings. The van der Waals surface area contributed by atoms with Gasteiger partial charge in [-0.1, -0.05) is 41.4 Å². The highest BCUT2D eigenvalue weighted by Crippen LogP contribution is 2.43. The largest absolute Gasteiger partial charge is 0.496 e. The summed E-state index contributed by atoms with van der Waals surface area (Å²) in [6.45, 7) is 3.97. The van der Waals surface area contributed by atoms with Gasteiger partial charge in [0, 0.05) is 53.6 Å². The molecule has 0 amide bonds. The second-order valence-corrected chi connectivity index (χ2v) is 10.5. The fraction of sp³-hybridized carbons (Fsp3) is 0.258. The van der Waals surface area contributed by atoms with Crippen LogP contribution in [0.2, 0.25) is 10.0 Å². The van der Waals surface area contributed by atoms with Gasteiger partial charge >= 0.3 is 0 Å². The number of pyridine rings is 2. The standard InChI is InChI=1S/C31H29Cl2N3O4/c1-18(38)15-36-12-10-19-13-21(14-27(39-2)25(19)16-36)30-29(33)23(9-11-34-30)22-5-4-6-24(28(22)32)26-8-7-20(17-37)31(35-26)40-3/h4-9,11,13-14,17-18,38H,10,12,15-16H2,1-3H3. The summed E-state index contributed by atoms with van der Waals surface area (Å²) in [5.74, 6) is 0.999. The van der Waals surface area contributed by atoms with Gasteiger partial charge in [-0.25, -0.2) is 4.98 Å². The second kappa shape index (κ2) is 11.9. The molecular weight excluding hydrogens is 549 g/mol. The Bertz CT molecular complexity index is 1560. The van der Waals surface area contributed by atoms with Crippen LogP contribution in [0, 0.1) is 0 Å². The third kappa shape index (κ3) is 5.43. The highest BCUT2D eigenvalue weighted by Gasteiger charge is 2.24. The Labute approximate surface area is 243 Å². The first-order valence-corrected chi connectivity index (χ1v) is 13.6. The van der Waals surface area contributed by atoms with E-state index in [0.29, 0.717) is 51.9 Å². The van der Waals surface area contributed by atoms with Gasteiger partial charge in [0.2, 0.25) is 5.88 Å². The molecule has 1 aliphatic rings. The van der Waals surface area contributed by atoms with Crippen molar-refractivity contribution in [3.8, 4) is 45.3 Å². The van der Waals surface area contributed by atoms with Gasteiger partial charge in [0.15, 0.2) is 6.29 Å². The molecule has 0 bridgehead atoms. The molecule has 2 aromatic carbocycles. The number of methoxy groups -OCH3 is 2. The van der Waals surface area contributed by atoms with E-state index in [-0.39, 0.29) is 5.88 Å². The Morgan fingerprint density at radius 3 is 2.55 bits per heavy atom. The van der Waals surface area contributed by atoms with Gasteiger partial charge in [-0.15, -0.1) is 0 Å². The zero-order chi connectivity index (χ0) is 28.4. The molecule has 1 unspecified atom stereocenters. The van der Waals surface area contributed by atoms with E-state index in [1.807, 2.05) is 30.3 Å². The first-order chi connectivity index (χ1) is 19.3. The molecule has 3 heterocycles. The number of carbonyl (C=O) groups excluding carboxylic acids is 1. The number of hydrogen-bond acceptors (Lipinski definition) is 7. The molecule has 0 aliphatic carbocycles. The van der Waals surface area contributed by atoms with Crippen LogP contribution in [0.1, 0.15) is 28.4 Å². The summed E-state index contributed by atoms with van der Waals surface area (Å²) in [6.07, 6.45) is 2.86. The van der Waals surface area contributed by atoms with Crippen molar-refractivity contribution in [2.24, 2.45) is 0 Å². The number of aromatic nitrogens is 2. The molecular formula is C31H29Cl2N3O4. The molecule has 0 radical (unpaired) electrons. The smallest absolute Gasteiger partial charge is 0.224 e. The minimum absolute atomic E-state index is 0.230. The summed E-state index contributed by atoms with van der Waals surface area (Å²) < 4.78 is 11.1. The van der Waals surface area contributed by atoms with Crippen molar-refractivity contribution in [2.45, 2.75) is 26.0 Å². The number of benzene rings is 2. The van der Waals surface area contributed by atoms with Crippen LogP contribution in [0.3, 0.4) is 0 Å². The number of ether oxygens (including phenoxy) is 2. The van der Waals surface area contributed by atoms with E-state index in [2.05, 4.69) is 20.9 Å². The zero-order valence-corrected chi connectivity index (χ0v) is 24.0. The number of fused-ring (bicyclic) bond motifs is 1. The molecule has 9 heteroatoms. The molecule has 1 N–H and O–H groups in total. The SMILES string of the molecule is COc1cc(-c2nccc(-c3cccc(-c4ccc(C=O)c(OC)n4)c3Cl)c2Cl)cc2c1CN(CC(C)O)CC2. The van der Waals surface area contributed by atoms with Crippen molar-refractivity contribution >= 4 is 29.5 Å². The molecule has 206 valence electrons. The van der Waals surface area contributed by atoms with Crippen molar-refractivity contribution in [1.29, 1.82) is 0 Å². The Hall–Kier alpha value is -3.49. The molecule has 40 heavy (non-hydrogen) atoms. The summed E-state index contributed by atoms with van der Waals surface area (Å²) in [6, 6.07) is 15.0. The maximum Gasteiger partial charge on any atom is 0.224 e. The van der Waals surface area contributed by atoms with Crippen LogP contribution in [0.25, 0.3) is 33.6 Å². The maximum atomic E-state index is 11.3. The molecule has 0 fully saturated rings. The molecule has 0 saturated heterocycles. The summed E-state index contributed by atoms with van der Waals surface area (Å²) in [5, 5.41) is 10.8. The van der Waals surface area contributed by atoms with Crippen molar-refractivity contribution < 1.29 is 19.4 Å². The second-order valence-electron chi connectivity index (χ2n) is 9.75. The number of β-amino-alcohol motifs (C(OH)–C–C–N with tert-alkyl or cyclic N) is 1. The normalized spacial score (nSPS) is 13.9. The average molecular weight is 578 g/mol. The van der Waals surface area contributed by atoms with Gasteiger partial charge in [0.25, 0.3) is 0 Å². The number of nitrogens with zero attached hydrogens (tertiary/aromatic N) is 3. The van der Waals surface area contributed by atoms with Crippen molar-refractivity contribution in [3.05, 3.63) is 81.5 Å². The number of hydrogen-bond donors (Lipinski definition) is 1. The molecule has 0 saturated carbocycles. The van der Waals surface area contributed by atoms with E-state index in [0.717, 1.165) is 41.0 Å². The lowest BCUT2D eigenvalue weighted by Gasteiger charge is -2.31. The zero-order valence-electron chi connectivity index (χ0n) is 22.4. The molecule has 2 aromatic heterocycles. The van der Waals surface area contributed by atoms with Gasteiger partial charge < -0.3 is 14.6 Å². The third-order valence-electron chi connectivity index (χ3n) is 7.06. The first kappa shape index (κ1) is 28.1. The Morgan fingerprint density at radius 1 is 1.05 bits per heavy atom. The van der Waals surface area contributed by atoms with Crippen LogP contribution < -0.4 is 9.47 Å². The predicted molar refractivity (Wildman–Crippen MR) is 158 cm³/mol. The van der Waals surface area contributed by atoms with Gasteiger partial charge in [-0.05, 0) is 49.2 Å². The Balaban J connectivity index is 1.55. The third-order valence-corrected chi connectivity index (χ3v) is 7.85. The van der Waals surface area contributed by atoms with Crippen LogP contribution in [0.4, 0.5) is 0 Å². The monoisotopic (exact) mass is 577 g/mol. The highest BCUT2D eigenvalue weighted by atomic mass is 35.5. The van der Waals surface area contributed by atoms with E-state index in [1.165, 1.54) is 12.7 Å². The summed E-state index contributed by atoms with van der Waals surface area (Å²) in [7, 11) is 3.13. The lowest BCUT2D eigenvalue weighted by atomic mass is 9.93.